The monoisotopic (exact) mass is 326 g/mol. The molecule has 10 heteroatoms. The zero-order chi connectivity index (χ0) is 16.4. The third-order valence-corrected chi connectivity index (χ3v) is 3.86. The van der Waals surface area contributed by atoms with Gasteiger partial charge in [0.15, 0.2) is 12.6 Å². The number of hydrogen-bond donors (Lipinski definition) is 7. The number of aliphatic hydroxyl groups is 7. The molecule has 7 N–H and O–H groups in total. The highest BCUT2D eigenvalue weighted by atomic mass is 16.7. The summed E-state index contributed by atoms with van der Waals surface area (Å²) in [6.07, 6.45) is -12.1. The summed E-state index contributed by atoms with van der Waals surface area (Å²) in [5.41, 5.74) is 0. The van der Waals surface area contributed by atoms with Gasteiger partial charge in [-0.25, -0.2) is 0 Å². The van der Waals surface area contributed by atoms with Gasteiger partial charge in [0.05, 0.1) is 19.3 Å². The van der Waals surface area contributed by atoms with E-state index in [2.05, 4.69) is 0 Å². The van der Waals surface area contributed by atoms with Crippen molar-refractivity contribution in [3.63, 3.8) is 0 Å². The minimum Gasteiger partial charge on any atom is -0.394 e. The minimum absolute atomic E-state index is 0.158. The molecule has 0 aromatic heterocycles. The third-order valence-electron chi connectivity index (χ3n) is 3.86. The van der Waals surface area contributed by atoms with Crippen molar-refractivity contribution in [1.82, 2.24) is 0 Å². The average molecular weight is 326 g/mol. The molecule has 0 aliphatic carbocycles. The standard InChI is InChI=1S/C12H22O10/c13-2-5-8(16)4(15)1-7(20-5)22-11-9(17)6(3-14)21-12(19)10(11)18/h4-19H,1-3H2/t4-,5-,6-,7+,8+,9-,10-,11+,12+/m1/s1. The van der Waals surface area contributed by atoms with E-state index in [-0.39, 0.29) is 6.42 Å². The summed E-state index contributed by atoms with van der Waals surface area (Å²) in [5.74, 6) is 0. The maximum absolute atomic E-state index is 9.99. The highest BCUT2D eigenvalue weighted by Crippen LogP contribution is 2.27. The van der Waals surface area contributed by atoms with Crippen molar-refractivity contribution in [1.29, 1.82) is 0 Å². The zero-order valence-electron chi connectivity index (χ0n) is 11.7. The van der Waals surface area contributed by atoms with E-state index >= 15 is 0 Å². The molecular weight excluding hydrogens is 304 g/mol. The van der Waals surface area contributed by atoms with Gasteiger partial charge < -0.3 is 50.0 Å². The van der Waals surface area contributed by atoms with Crippen molar-refractivity contribution in [2.24, 2.45) is 0 Å². The Balaban J connectivity index is 2.04. The fourth-order valence-corrected chi connectivity index (χ4v) is 2.56. The average Bonchev–Trinajstić information content (AvgIpc) is 2.50. The van der Waals surface area contributed by atoms with Gasteiger partial charge in [0.1, 0.15) is 36.6 Å². The van der Waals surface area contributed by atoms with Gasteiger partial charge in [-0.1, -0.05) is 0 Å². The Labute approximate surface area is 126 Å². The Hall–Kier alpha value is -0.400. The lowest BCUT2D eigenvalue weighted by Gasteiger charge is -2.43. The Morgan fingerprint density at radius 3 is 2.00 bits per heavy atom. The summed E-state index contributed by atoms with van der Waals surface area (Å²) in [7, 11) is 0. The number of ether oxygens (including phenoxy) is 3. The van der Waals surface area contributed by atoms with Gasteiger partial charge in [-0.05, 0) is 0 Å². The molecule has 0 amide bonds. The molecular formula is C12H22O10. The summed E-state index contributed by atoms with van der Waals surface area (Å²) in [5, 5.41) is 66.8. The normalized spacial score (nSPS) is 50.0. The molecule has 2 aliphatic heterocycles. The zero-order valence-corrected chi connectivity index (χ0v) is 11.7. The predicted octanol–water partition coefficient (Wildman–Crippen LogP) is -4.37. The van der Waals surface area contributed by atoms with Crippen molar-refractivity contribution in [3.8, 4) is 0 Å². The van der Waals surface area contributed by atoms with Crippen LogP contribution >= 0.6 is 0 Å². The van der Waals surface area contributed by atoms with Gasteiger partial charge in [-0.2, -0.15) is 0 Å². The topological polar surface area (TPSA) is 169 Å². The van der Waals surface area contributed by atoms with Crippen LogP contribution in [0.3, 0.4) is 0 Å². The van der Waals surface area contributed by atoms with E-state index < -0.39 is 68.5 Å². The smallest absolute Gasteiger partial charge is 0.184 e. The number of aliphatic hydroxyl groups excluding tert-OH is 7. The van der Waals surface area contributed by atoms with Crippen molar-refractivity contribution in [2.75, 3.05) is 13.2 Å². The molecule has 2 saturated heterocycles. The molecule has 2 rings (SSSR count). The molecule has 0 saturated carbocycles. The Kier molecular flexibility index (Phi) is 6.07. The molecule has 130 valence electrons. The summed E-state index contributed by atoms with van der Waals surface area (Å²) in [4.78, 5) is 0. The van der Waals surface area contributed by atoms with E-state index in [9.17, 15) is 25.5 Å². The second kappa shape index (κ2) is 7.45. The Morgan fingerprint density at radius 1 is 0.818 bits per heavy atom. The first-order valence-electron chi connectivity index (χ1n) is 6.97. The van der Waals surface area contributed by atoms with Crippen LogP contribution in [-0.4, -0.2) is 104 Å². The van der Waals surface area contributed by atoms with Crippen LogP contribution in [0.25, 0.3) is 0 Å². The Bertz CT molecular complexity index is 355. The second-order valence-corrected chi connectivity index (χ2v) is 5.41. The van der Waals surface area contributed by atoms with Gasteiger partial charge >= 0.3 is 0 Å². The van der Waals surface area contributed by atoms with Crippen LogP contribution in [0.1, 0.15) is 6.42 Å². The molecule has 10 nitrogen and oxygen atoms in total. The SMILES string of the molecule is OC[C@H]1O[C@H](O)[C@H](O)[C@@H](O[C@H]2C[C@@H](O)[C@H](O)[C@@H](CO)O2)[C@@H]1O. The van der Waals surface area contributed by atoms with E-state index in [0.717, 1.165) is 0 Å². The van der Waals surface area contributed by atoms with Crippen LogP contribution in [0.5, 0.6) is 0 Å². The van der Waals surface area contributed by atoms with Gasteiger partial charge in [-0.3, -0.25) is 0 Å². The Morgan fingerprint density at radius 2 is 1.41 bits per heavy atom. The first-order valence-corrected chi connectivity index (χ1v) is 6.97. The van der Waals surface area contributed by atoms with Gasteiger partial charge in [0, 0.05) is 6.42 Å². The summed E-state index contributed by atoms with van der Waals surface area (Å²) >= 11 is 0. The minimum atomic E-state index is -1.67. The first-order chi connectivity index (χ1) is 10.4. The van der Waals surface area contributed by atoms with Crippen molar-refractivity contribution in [3.05, 3.63) is 0 Å². The maximum atomic E-state index is 9.99. The van der Waals surface area contributed by atoms with Gasteiger partial charge in [0.2, 0.25) is 0 Å². The largest absolute Gasteiger partial charge is 0.394 e. The highest BCUT2D eigenvalue weighted by molar-refractivity contribution is 4.91. The first kappa shape index (κ1) is 17.9. The molecule has 0 aromatic carbocycles. The quantitative estimate of drug-likeness (QED) is 0.268. The molecule has 0 spiro atoms. The summed E-state index contributed by atoms with van der Waals surface area (Å²) in [6, 6.07) is 0. The molecule has 9 atom stereocenters. The fraction of sp³-hybridized carbons (Fsp3) is 1.00. The van der Waals surface area contributed by atoms with E-state index in [0.29, 0.717) is 0 Å². The lowest BCUT2D eigenvalue weighted by atomic mass is 9.98. The lowest BCUT2D eigenvalue weighted by molar-refractivity contribution is -0.336. The lowest BCUT2D eigenvalue weighted by Crippen LogP contribution is -2.61. The van der Waals surface area contributed by atoms with E-state index in [1.807, 2.05) is 0 Å². The fourth-order valence-electron chi connectivity index (χ4n) is 2.56. The third kappa shape index (κ3) is 3.57. The van der Waals surface area contributed by atoms with Crippen LogP contribution in [0.4, 0.5) is 0 Å². The molecule has 22 heavy (non-hydrogen) atoms. The van der Waals surface area contributed by atoms with Crippen LogP contribution in [0.15, 0.2) is 0 Å². The second-order valence-electron chi connectivity index (χ2n) is 5.41. The van der Waals surface area contributed by atoms with Crippen LogP contribution in [0, 0.1) is 0 Å². The maximum Gasteiger partial charge on any atom is 0.184 e. The molecule has 0 radical (unpaired) electrons. The van der Waals surface area contributed by atoms with Gasteiger partial charge in [-0.15, -0.1) is 0 Å². The summed E-state index contributed by atoms with van der Waals surface area (Å²) in [6.45, 7) is -1.16. The van der Waals surface area contributed by atoms with Crippen LogP contribution < -0.4 is 0 Å². The van der Waals surface area contributed by atoms with Crippen molar-refractivity contribution in [2.45, 2.75) is 61.7 Å². The molecule has 2 heterocycles. The van der Waals surface area contributed by atoms with E-state index in [1.54, 1.807) is 0 Å². The molecule has 2 fully saturated rings. The van der Waals surface area contributed by atoms with Crippen molar-refractivity contribution >= 4 is 0 Å². The van der Waals surface area contributed by atoms with Crippen molar-refractivity contribution < 1.29 is 50.0 Å². The highest BCUT2D eigenvalue weighted by Gasteiger charge is 2.47. The molecule has 2 aliphatic rings. The van der Waals surface area contributed by atoms with E-state index in [1.165, 1.54) is 0 Å². The molecule has 0 bridgehead atoms. The molecule has 0 aromatic rings. The van der Waals surface area contributed by atoms with Crippen LogP contribution in [0.2, 0.25) is 0 Å². The van der Waals surface area contributed by atoms with Gasteiger partial charge in [0.25, 0.3) is 0 Å². The number of rotatable bonds is 4. The number of hydrogen-bond acceptors (Lipinski definition) is 10. The van der Waals surface area contributed by atoms with E-state index in [4.69, 9.17) is 24.4 Å². The van der Waals surface area contributed by atoms with Crippen LogP contribution in [-0.2, 0) is 14.2 Å². The summed E-state index contributed by atoms with van der Waals surface area (Å²) < 4.78 is 15.4. The molecule has 0 unspecified atom stereocenters. The predicted molar refractivity (Wildman–Crippen MR) is 67.2 cm³/mol.